The van der Waals surface area contributed by atoms with Gasteiger partial charge in [0.1, 0.15) is 0 Å². The molecule has 0 aromatic carbocycles. The van der Waals surface area contributed by atoms with E-state index in [0.29, 0.717) is 5.41 Å². The van der Waals surface area contributed by atoms with Crippen LogP contribution < -0.4 is 5.73 Å². The number of hydrogen-bond donors (Lipinski definition) is 1. The summed E-state index contributed by atoms with van der Waals surface area (Å²) in [5, 5.41) is 0. The highest BCUT2D eigenvalue weighted by Crippen LogP contribution is 2.21. The minimum absolute atomic E-state index is 0.0751. The van der Waals surface area contributed by atoms with Crippen LogP contribution in [0.3, 0.4) is 0 Å². The third-order valence-electron chi connectivity index (χ3n) is 2.61. The maximum Gasteiger partial charge on any atom is 0.221 e. The highest BCUT2D eigenvalue weighted by Gasteiger charge is 2.26. The third kappa shape index (κ3) is 3.66. The van der Waals surface area contributed by atoms with E-state index in [0.717, 1.165) is 32.5 Å². The van der Waals surface area contributed by atoms with Gasteiger partial charge in [0.15, 0.2) is 0 Å². The second-order valence-corrected chi connectivity index (χ2v) is 5.54. The molecule has 1 saturated heterocycles. The molecule has 3 nitrogen and oxygen atoms in total. The molecule has 1 aliphatic heterocycles. The molecule has 0 spiro atoms. The highest BCUT2D eigenvalue weighted by atomic mass is 16.1. The first-order valence-corrected chi connectivity index (χ1v) is 5.40. The number of carbonyl (C=O) groups is 1. The number of hydrogen-bond acceptors (Lipinski definition) is 2. The lowest BCUT2D eigenvalue weighted by Gasteiger charge is -2.35. The molecule has 1 unspecified atom stereocenters. The van der Waals surface area contributed by atoms with Gasteiger partial charge in [-0.05, 0) is 24.8 Å². The largest absolute Gasteiger partial charge is 0.369 e. The summed E-state index contributed by atoms with van der Waals surface area (Å²) in [5.74, 6) is -0.0605. The molecule has 1 fully saturated rings. The Balaban J connectivity index is 2.44. The Morgan fingerprint density at radius 2 is 2.14 bits per heavy atom. The molecule has 82 valence electrons. The van der Waals surface area contributed by atoms with Crippen molar-refractivity contribution in [1.82, 2.24) is 4.90 Å². The number of piperidine rings is 1. The molecule has 1 aliphatic rings. The molecule has 14 heavy (non-hydrogen) atoms. The summed E-state index contributed by atoms with van der Waals surface area (Å²) in [7, 11) is 0. The first-order valence-electron chi connectivity index (χ1n) is 5.40. The zero-order chi connectivity index (χ0) is 10.8. The maximum absolute atomic E-state index is 11.1. The lowest BCUT2D eigenvalue weighted by Crippen LogP contribution is -2.44. The first-order chi connectivity index (χ1) is 6.38. The van der Waals surface area contributed by atoms with Crippen molar-refractivity contribution in [2.45, 2.75) is 33.6 Å². The van der Waals surface area contributed by atoms with E-state index in [4.69, 9.17) is 5.73 Å². The average Bonchev–Trinajstić information content (AvgIpc) is 2.01. The van der Waals surface area contributed by atoms with E-state index >= 15 is 0 Å². The summed E-state index contributed by atoms with van der Waals surface area (Å²) in [5.41, 5.74) is 5.63. The van der Waals surface area contributed by atoms with Crippen LogP contribution >= 0.6 is 0 Å². The Morgan fingerprint density at radius 3 is 2.64 bits per heavy atom. The van der Waals surface area contributed by atoms with Crippen molar-refractivity contribution >= 4 is 5.91 Å². The summed E-state index contributed by atoms with van der Waals surface area (Å²) in [6, 6.07) is 0. The molecule has 0 saturated carbocycles. The minimum atomic E-state index is -0.136. The lowest BCUT2D eigenvalue weighted by molar-refractivity contribution is -0.123. The maximum atomic E-state index is 11.1. The molecule has 1 heterocycles. The summed E-state index contributed by atoms with van der Waals surface area (Å²) in [4.78, 5) is 13.4. The minimum Gasteiger partial charge on any atom is -0.369 e. The van der Waals surface area contributed by atoms with Crippen LogP contribution in [-0.4, -0.2) is 30.4 Å². The van der Waals surface area contributed by atoms with Crippen LogP contribution in [0, 0.1) is 11.3 Å². The number of nitrogens with two attached hydrogens (primary N) is 1. The number of amides is 1. The molecule has 0 bridgehead atoms. The normalized spacial score (nSPS) is 24.9. The summed E-state index contributed by atoms with van der Waals surface area (Å²) >= 11 is 0. The Kier molecular flexibility index (Phi) is 3.53. The van der Waals surface area contributed by atoms with Gasteiger partial charge in [0.2, 0.25) is 5.91 Å². The van der Waals surface area contributed by atoms with Gasteiger partial charge >= 0.3 is 0 Å². The van der Waals surface area contributed by atoms with E-state index < -0.39 is 0 Å². The van der Waals surface area contributed by atoms with Gasteiger partial charge in [0.25, 0.3) is 0 Å². The molecule has 1 rings (SSSR count). The fourth-order valence-corrected chi connectivity index (χ4v) is 2.10. The molecular formula is C11H22N2O. The van der Waals surface area contributed by atoms with Gasteiger partial charge in [-0.15, -0.1) is 0 Å². The van der Waals surface area contributed by atoms with E-state index in [9.17, 15) is 4.79 Å². The lowest BCUT2D eigenvalue weighted by atomic mass is 9.92. The Morgan fingerprint density at radius 1 is 1.50 bits per heavy atom. The zero-order valence-corrected chi connectivity index (χ0v) is 9.55. The number of carbonyl (C=O) groups excluding carboxylic acids is 1. The molecule has 0 radical (unpaired) electrons. The molecule has 0 aromatic rings. The smallest absolute Gasteiger partial charge is 0.221 e. The Hall–Kier alpha value is -0.570. The van der Waals surface area contributed by atoms with E-state index in [1.54, 1.807) is 0 Å². The van der Waals surface area contributed by atoms with Gasteiger partial charge in [-0.3, -0.25) is 4.79 Å². The van der Waals surface area contributed by atoms with Crippen molar-refractivity contribution in [3.8, 4) is 0 Å². The number of primary amides is 1. The molecule has 0 aliphatic carbocycles. The quantitative estimate of drug-likeness (QED) is 0.725. The molecule has 3 heteroatoms. The Bertz CT molecular complexity index is 208. The van der Waals surface area contributed by atoms with Crippen LogP contribution in [0.1, 0.15) is 33.6 Å². The standard InChI is InChI=1S/C11H22N2O/c1-11(2,3)8-13-6-4-5-9(7-13)10(12)14/h9H,4-8H2,1-3H3,(H2,12,14). The second-order valence-electron chi connectivity index (χ2n) is 5.54. The summed E-state index contributed by atoms with van der Waals surface area (Å²) in [6.07, 6.45) is 2.07. The van der Waals surface area contributed by atoms with Gasteiger partial charge in [0, 0.05) is 13.1 Å². The topological polar surface area (TPSA) is 46.3 Å². The fourth-order valence-electron chi connectivity index (χ4n) is 2.10. The van der Waals surface area contributed by atoms with Crippen LogP contribution in [0.4, 0.5) is 0 Å². The van der Waals surface area contributed by atoms with Crippen molar-refractivity contribution in [2.75, 3.05) is 19.6 Å². The summed E-state index contributed by atoms with van der Waals surface area (Å²) < 4.78 is 0. The van der Waals surface area contributed by atoms with Crippen LogP contribution in [0.15, 0.2) is 0 Å². The van der Waals surface area contributed by atoms with Crippen LogP contribution in [0.2, 0.25) is 0 Å². The number of nitrogens with zero attached hydrogens (tertiary/aromatic N) is 1. The zero-order valence-electron chi connectivity index (χ0n) is 9.55. The Labute approximate surface area is 86.6 Å². The predicted molar refractivity (Wildman–Crippen MR) is 57.8 cm³/mol. The predicted octanol–water partition coefficient (Wildman–Crippen LogP) is 1.23. The van der Waals surface area contributed by atoms with Crippen molar-refractivity contribution < 1.29 is 4.79 Å². The highest BCUT2D eigenvalue weighted by molar-refractivity contribution is 5.76. The summed E-state index contributed by atoms with van der Waals surface area (Å²) in [6.45, 7) is 9.69. The fraction of sp³-hybridized carbons (Fsp3) is 0.909. The van der Waals surface area contributed by atoms with E-state index in [-0.39, 0.29) is 11.8 Å². The molecule has 1 atom stereocenters. The molecule has 2 N–H and O–H groups in total. The van der Waals surface area contributed by atoms with Gasteiger partial charge in [-0.2, -0.15) is 0 Å². The van der Waals surface area contributed by atoms with Gasteiger partial charge < -0.3 is 10.6 Å². The SMILES string of the molecule is CC(C)(C)CN1CCCC(C(N)=O)C1. The number of rotatable bonds is 2. The van der Waals surface area contributed by atoms with Gasteiger partial charge in [0.05, 0.1) is 5.92 Å². The van der Waals surface area contributed by atoms with E-state index in [1.165, 1.54) is 0 Å². The molecule has 0 aromatic heterocycles. The average molecular weight is 198 g/mol. The van der Waals surface area contributed by atoms with Crippen molar-refractivity contribution in [2.24, 2.45) is 17.1 Å². The van der Waals surface area contributed by atoms with Crippen molar-refractivity contribution in [3.63, 3.8) is 0 Å². The van der Waals surface area contributed by atoms with Gasteiger partial charge in [-0.25, -0.2) is 0 Å². The number of likely N-dealkylation sites (tertiary alicyclic amines) is 1. The van der Waals surface area contributed by atoms with Gasteiger partial charge in [-0.1, -0.05) is 20.8 Å². The van der Waals surface area contributed by atoms with E-state index in [1.807, 2.05) is 0 Å². The van der Waals surface area contributed by atoms with Crippen molar-refractivity contribution in [3.05, 3.63) is 0 Å². The van der Waals surface area contributed by atoms with Crippen LogP contribution in [-0.2, 0) is 4.79 Å². The first kappa shape index (κ1) is 11.5. The van der Waals surface area contributed by atoms with Crippen LogP contribution in [0.5, 0.6) is 0 Å². The molecular weight excluding hydrogens is 176 g/mol. The molecule has 1 amide bonds. The third-order valence-corrected chi connectivity index (χ3v) is 2.61. The van der Waals surface area contributed by atoms with E-state index in [2.05, 4.69) is 25.7 Å². The monoisotopic (exact) mass is 198 g/mol. The second kappa shape index (κ2) is 4.30. The van der Waals surface area contributed by atoms with Crippen LogP contribution in [0.25, 0.3) is 0 Å². The van der Waals surface area contributed by atoms with Crippen molar-refractivity contribution in [1.29, 1.82) is 0 Å².